The summed E-state index contributed by atoms with van der Waals surface area (Å²) >= 11 is 0. The average molecular weight is 418 g/mol. The molecule has 1 aliphatic rings. The van der Waals surface area contributed by atoms with E-state index in [9.17, 15) is 14.4 Å². The van der Waals surface area contributed by atoms with Gasteiger partial charge in [0.05, 0.1) is 26.4 Å². The van der Waals surface area contributed by atoms with Gasteiger partial charge in [-0.05, 0) is 19.4 Å². The SMILES string of the molecule is CCOC(=O)C(=CC(=O)N(CCN1CCOCC1)Cc1ccccc1)C(=O)OCC. The number of amides is 1. The molecular weight excluding hydrogens is 388 g/mol. The van der Waals surface area contributed by atoms with Gasteiger partial charge in [-0.1, -0.05) is 30.3 Å². The molecule has 164 valence electrons. The van der Waals surface area contributed by atoms with E-state index in [1.54, 1.807) is 18.7 Å². The van der Waals surface area contributed by atoms with Gasteiger partial charge in [0.25, 0.3) is 0 Å². The summed E-state index contributed by atoms with van der Waals surface area (Å²) in [6.07, 6.45) is 1.03. The number of morpholine rings is 1. The van der Waals surface area contributed by atoms with Crippen molar-refractivity contribution in [2.45, 2.75) is 20.4 Å². The lowest BCUT2D eigenvalue weighted by Gasteiger charge is -2.30. The number of hydrogen-bond acceptors (Lipinski definition) is 7. The average Bonchev–Trinajstić information content (AvgIpc) is 2.76. The van der Waals surface area contributed by atoms with Crippen molar-refractivity contribution in [1.82, 2.24) is 9.80 Å². The van der Waals surface area contributed by atoms with Gasteiger partial charge in [0, 0.05) is 38.8 Å². The van der Waals surface area contributed by atoms with Gasteiger partial charge in [-0.3, -0.25) is 9.69 Å². The Morgan fingerprint density at radius 1 is 1.03 bits per heavy atom. The molecule has 0 aliphatic carbocycles. The van der Waals surface area contributed by atoms with Crippen LogP contribution in [-0.2, 0) is 35.1 Å². The fourth-order valence-corrected chi connectivity index (χ4v) is 2.99. The second-order valence-corrected chi connectivity index (χ2v) is 6.70. The van der Waals surface area contributed by atoms with E-state index in [1.807, 2.05) is 30.3 Å². The van der Waals surface area contributed by atoms with Gasteiger partial charge in [-0.2, -0.15) is 0 Å². The largest absolute Gasteiger partial charge is 0.462 e. The van der Waals surface area contributed by atoms with Crippen molar-refractivity contribution in [2.24, 2.45) is 0 Å². The van der Waals surface area contributed by atoms with Crippen LogP contribution in [0.15, 0.2) is 42.0 Å². The van der Waals surface area contributed by atoms with Crippen molar-refractivity contribution in [3.63, 3.8) is 0 Å². The lowest BCUT2D eigenvalue weighted by Crippen LogP contribution is -2.42. The van der Waals surface area contributed by atoms with E-state index in [2.05, 4.69) is 4.90 Å². The first-order chi connectivity index (χ1) is 14.5. The summed E-state index contributed by atoms with van der Waals surface area (Å²) in [4.78, 5) is 41.3. The molecule has 1 aromatic carbocycles. The second-order valence-electron chi connectivity index (χ2n) is 6.70. The van der Waals surface area contributed by atoms with Gasteiger partial charge in [-0.25, -0.2) is 9.59 Å². The minimum atomic E-state index is -0.864. The molecule has 0 saturated carbocycles. The number of ether oxygens (including phenoxy) is 3. The molecule has 1 saturated heterocycles. The predicted molar refractivity (Wildman–Crippen MR) is 110 cm³/mol. The Balaban J connectivity index is 2.19. The number of hydrogen-bond donors (Lipinski definition) is 0. The first-order valence-electron chi connectivity index (χ1n) is 10.2. The van der Waals surface area contributed by atoms with E-state index in [1.165, 1.54) is 0 Å². The van der Waals surface area contributed by atoms with E-state index in [0.29, 0.717) is 32.8 Å². The highest BCUT2D eigenvalue weighted by atomic mass is 16.6. The van der Waals surface area contributed by atoms with Crippen LogP contribution in [0.4, 0.5) is 0 Å². The maximum atomic E-state index is 13.0. The lowest BCUT2D eigenvalue weighted by atomic mass is 10.2. The van der Waals surface area contributed by atoms with Crippen LogP contribution in [0.3, 0.4) is 0 Å². The van der Waals surface area contributed by atoms with Crippen molar-refractivity contribution in [3.05, 3.63) is 47.5 Å². The van der Waals surface area contributed by atoms with E-state index in [4.69, 9.17) is 14.2 Å². The summed E-state index contributed by atoms with van der Waals surface area (Å²) in [5.74, 6) is -2.17. The third kappa shape index (κ3) is 7.61. The molecule has 8 nitrogen and oxygen atoms in total. The maximum Gasteiger partial charge on any atom is 0.345 e. The number of carbonyl (C=O) groups is 3. The quantitative estimate of drug-likeness (QED) is 0.246. The number of carbonyl (C=O) groups excluding carboxylic acids is 3. The summed E-state index contributed by atoms with van der Waals surface area (Å²) < 4.78 is 15.2. The van der Waals surface area contributed by atoms with Crippen LogP contribution in [0, 0.1) is 0 Å². The third-order valence-corrected chi connectivity index (χ3v) is 4.58. The molecule has 0 bridgehead atoms. The van der Waals surface area contributed by atoms with E-state index in [-0.39, 0.29) is 13.2 Å². The molecule has 1 amide bonds. The zero-order valence-corrected chi connectivity index (χ0v) is 17.7. The highest BCUT2D eigenvalue weighted by Gasteiger charge is 2.24. The van der Waals surface area contributed by atoms with Crippen molar-refractivity contribution in [2.75, 3.05) is 52.6 Å². The highest BCUT2D eigenvalue weighted by Crippen LogP contribution is 2.10. The molecule has 1 aromatic rings. The molecule has 0 radical (unpaired) electrons. The molecule has 0 unspecified atom stereocenters. The van der Waals surface area contributed by atoms with Crippen molar-refractivity contribution in [3.8, 4) is 0 Å². The van der Waals surface area contributed by atoms with E-state index < -0.39 is 23.4 Å². The second kappa shape index (κ2) is 12.8. The fourth-order valence-electron chi connectivity index (χ4n) is 2.99. The van der Waals surface area contributed by atoms with Crippen molar-refractivity contribution >= 4 is 17.8 Å². The molecule has 1 heterocycles. The molecule has 2 rings (SSSR count). The standard InChI is InChI=1S/C22H30N2O6/c1-3-29-21(26)19(22(27)30-4-2)16-20(25)24(17-18-8-6-5-7-9-18)11-10-23-12-14-28-15-13-23/h5-9,16H,3-4,10-15,17H2,1-2H3. The smallest absolute Gasteiger partial charge is 0.345 e. The summed E-state index contributed by atoms with van der Waals surface area (Å²) in [6.45, 7) is 7.87. The zero-order valence-electron chi connectivity index (χ0n) is 17.7. The zero-order chi connectivity index (χ0) is 21.8. The molecule has 0 N–H and O–H groups in total. The van der Waals surface area contributed by atoms with Gasteiger partial charge < -0.3 is 19.1 Å². The number of benzene rings is 1. The molecule has 8 heteroatoms. The Kier molecular flexibility index (Phi) is 10.0. The van der Waals surface area contributed by atoms with E-state index in [0.717, 1.165) is 24.7 Å². The predicted octanol–water partition coefficient (Wildman–Crippen LogP) is 1.40. The van der Waals surface area contributed by atoms with Crippen LogP contribution in [0.2, 0.25) is 0 Å². The van der Waals surface area contributed by atoms with Gasteiger partial charge >= 0.3 is 11.9 Å². The molecule has 0 aromatic heterocycles. The number of esters is 2. The minimum Gasteiger partial charge on any atom is -0.462 e. The van der Waals surface area contributed by atoms with Crippen LogP contribution in [0.1, 0.15) is 19.4 Å². The van der Waals surface area contributed by atoms with Gasteiger partial charge in [0.1, 0.15) is 5.57 Å². The Labute approximate surface area is 177 Å². The van der Waals surface area contributed by atoms with Crippen LogP contribution in [-0.4, -0.2) is 80.3 Å². The monoisotopic (exact) mass is 418 g/mol. The summed E-state index contributed by atoms with van der Waals surface area (Å²) in [5, 5.41) is 0. The summed E-state index contributed by atoms with van der Waals surface area (Å²) in [6, 6.07) is 9.56. The molecule has 30 heavy (non-hydrogen) atoms. The normalized spacial score (nSPS) is 13.9. The summed E-state index contributed by atoms with van der Waals surface area (Å²) in [7, 11) is 0. The number of rotatable bonds is 10. The van der Waals surface area contributed by atoms with E-state index >= 15 is 0 Å². The molecule has 1 aliphatic heterocycles. The summed E-state index contributed by atoms with van der Waals surface area (Å²) in [5.41, 5.74) is 0.559. The van der Waals surface area contributed by atoms with Gasteiger partial charge in [-0.15, -0.1) is 0 Å². The first kappa shape index (κ1) is 23.6. The Morgan fingerprint density at radius 3 is 2.20 bits per heavy atom. The molecule has 0 atom stereocenters. The third-order valence-electron chi connectivity index (χ3n) is 4.58. The Hall–Kier alpha value is -2.71. The van der Waals surface area contributed by atoms with Crippen LogP contribution >= 0.6 is 0 Å². The number of nitrogens with zero attached hydrogens (tertiary/aromatic N) is 2. The topological polar surface area (TPSA) is 85.4 Å². The van der Waals surface area contributed by atoms with Gasteiger partial charge in [0.15, 0.2) is 0 Å². The highest BCUT2D eigenvalue weighted by molar-refractivity contribution is 6.17. The fraction of sp³-hybridized carbons (Fsp3) is 0.500. The lowest BCUT2D eigenvalue weighted by molar-refractivity contribution is -0.147. The maximum absolute atomic E-state index is 13.0. The molecule has 1 fully saturated rings. The van der Waals surface area contributed by atoms with Gasteiger partial charge in [0.2, 0.25) is 5.91 Å². The molecular formula is C22H30N2O6. The molecule has 0 spiro atoms. The Bertz CT molecular complexity index is 708. The first-order valence-corrected chi connectivity index (χ1v) is 10.2. The Morgan fingerprint density at radius 2 is 1.63 bits per heavy atom. The van der Waals surface area contributed by atoms with Crippen molar-refractivity contribution in [1.29, 1.82) is 0 Å². The minimum absolute atomic E-state index is 0.0918. The van der Waals surface area contributed by atoms with Crippen LogP contribution < -0.4 is 0 Å². The van der Waals surface area contributed by atoms with Crippen molar-refractivity contribution < 1.29 is 28.6 Å². The van der Waals surface area contributed by atoms with Crippen LogP contribution in [0.5, 0.6) is 0 Å². The van der Waals surface area contributed by atoms with Crippen LogP contribution in [0.25, 0.3) is 0 Å².